The van der Waals surface area contributed by atoms with Crippen LogP contribution in [0.5, 0.6) is 0 Å². The first kappa shape index (κ1) is 24.4. The van der Waals surface area contributed by atoms with Crippen molar-refractivity contribution < 1.29 is 4.74 Å². The highest BCUT2D eigenvalue weighted by atomic mass is 127. The van der Waals surface area contributed by atoms with Crippen molar-refractivity contribution in [2.45, 2.75) is 63.6 Å². The molecule has 1 aromatic heterocycles. The Hall–Kier alpha value is -0.870. The average molecular weight is 518 g/mol. The number of hydrogen-bond donors (Lipinski definition) is 2. The second-order valence-electron chi connectivity index (χ2n) is 8.55. The molecule has 0 aliphatic heterocycles. The standard InChI is InChI=1S/C21H38N6O.HI/c1-6-28-19-12-18(21(19)10-8-7-9-11-21)25-20(22-2)23-14-17(26(3)4)16-13-24-27(5)15-16;/h13,15,17-19H,6-12,14H2,1-5H3,(H2,22,23,25);1H. The van der Waals surface area contributed by atoms with Gasteiger partial charge in [0.05, 0.1) is 18.3 Å². The SMILES string of the molecule is CCOC1CC(NC(=NC)NCC(c2cnn(C)c2)N(C)C)C12CCCCC2.I. The second-order valence-corrected chi connectivity index (χ2v) is 8.55. The molecule has 8 heteroatoms. The number of nitrogens with one attached hydrogen (secondary N) is 2. The fourth-order valence-corrected chi connectivity index (χ4v) is 5.03. The maximum atomic E-state index is 6.09. The smallest absolute Gasteiger partial charge is 0.191 e. The number of halogens is 1. The summed E-state index contributed by atoms with van der Waals surface area (Å²) in [6.07, 6.45) is 12.0. The number of nitrogens with zero attached hydrogens (tertiary/aromatic N) is 4. The Kier molecular flexibility index (Phi) is 9.21. The minimum absolute atomic E-state index is 0. The lowest BCUT2D eigenvalue weighted by atomic mass is 9.55. The second kappa shape index (κ2) is 10.9. The molecule has 29 heavy (non-hydrogen) atoms. The molecule has 3 unspecified atom stereocenters. The van der Waals surface area contributed by atoms with Crippen LogP contribution < -0.4 is 10.6 Å². The topological polar surface area (TPSA) is 66.7 Å². The first-order valence-electron chi connectivity index (χ1n) is 10.7. The molecule has 3 atom stereocenters. The molecule has 1 spiro atoms. The summed E-state index contributed by atoms with van der Waals surface area (Å²) in [6.45, 7) is 3.70. The molecule has 2 aliphatic rings. The highest BCUT2D eigenvalue weighted by molar-refractivity contribution is 14.0. The van der Waals surface area contributed by atoms with Gasteiger partial charge in [0, 0.05) is 50.5 Å². The van der Waals surface area contributed by atoms with Crippen LogP contribution in [0.4, 0.5) is 0 Å². The number of guanidine groups is 1. The van der Waals surface area contributed by atoms with Crippen molar-refractivity contribution in [2.75, 3.05) is 34.3 Å². The molecule has 0 saturated heterocycles. The third-order valence-corrected chi connectivity index (χ3v) is 6.67. The van der Waals surface area contributed by atoms with E-state index >= 15 is 0 Å². The summed E-state index contributed by atoms with van der Waals surface area (Å²) in [4.78, 5) is 6.72. The van der Waals surface area contributed by atoms with Crippen molar-refractivity contribution in [3.05, 3.63) is 18.0 Å². The monoisotopic (exact) mass is 518 g/mol. The van der Waals surface area contributed by atoms with Crippen LogP contribution in [0.3, 0.4) is 0 Å². The van der Waals surface area contributed by atoms with Crippen molar-refractivity contribution in [3.8, 4) is 0 Å². The van der Waals surface area contributed by atoms with Gasteiger partial charge in [-0.05, 0) is 40.3 Å². The van der Waals surface area contributed by atoms with Crippen LogP contribution in [-0.4, -0.2) is 67.1 Å². The largest absolute Gasteiger partial charge is 0.378 e. The van der Waals surface area contributed by atoms with Gasteiger partial charge in [0.2, 0.25) is 0 Å². The molecule has 7 nitrogen and oxygen atoms in total. The first-order valence-corrected chi connectivity index (χ1v) is 10.7. The Morgan fingerprint density at radius 2 is 2.10 bits per heavy atom. The van der Waals surface area contributed by atoms with Gasteiger partial charge in [-0.25, -0.2) is 0 Å². The van der Waals surface area contributed by atoms with Crippen LogP contribution in [0.15, 0.2) is 17.4 Å². The van der Waals surface area contributed by atoms with Crippen LogP contribution in [0.25, 0.3) is 0 Å². The minimum Gasteiger partial charge on any atom is -0.378 e. The summed E-state index contributed by atoms with van der Waals surface area (Å²) in [5, 5.41) is 11.6. The Balaban J connectivity index is 0.00000300. The van der Waals surface area contributed by atoms with Crippen molar-refractivity contribution in [1.29, 1.82) is 0 Å². The number of likely N-dealkylation sites (N-methyl/N-ethyl adjacent to an activating group) is 1. The summed E-state index contributed by atoms with van der Waals surface area (Å²) < 4.78 is 7.95. The quantitative estimate of drug-likeness (QED) is 0.330. The summed E-state index contributed by atoms with van der Waals surface area (Å²) in [6, 6.07) is 0.695. The van der Waals surface area contributed by atoms with Gasteiger partial charge < -0.3 is 20.3 Å². The van der Waals surface area contributed by atoms with Crippen LogP contribution in [0.1, 0.15) is 57.1 Å². The predicted molar refractivity (Wildman–Crippen MR) is 129 cm³/mol. The Morgan fingerprint density at radius 1 is 1.38 bits per heavy atom. The van der Waals surface area contributed by atoms with Gasteiger partial charge in [-0.2, -0.15) is 5.10 Å². The molecule has 0 radical (unpaired) electrons. The number of ether oxygens (including phenoxy) is 1. The van der Waals surface area contributed by atoms with E-state index in [1.807, 2.05) is 25.0 Å². The Labute approximate surface area is 193 Å². The molecule has 0 bridgehead atoms. The molecule has 1 aromatic rings. The fourth-order valence-electron chi connectivity index (χ4n) is 5.03. The van der Waals surface area contributed by atoms with E-state index in [0.29, 0.717) is 12.1 Å². The van der Waals surface area contributed by atoms with Gasteiger partial charge in [0.1, 0.15) is 0 Å². The molecular weight excluding hydrogens is 479 g/mol. The number of aromatic nitrogens is 2. The molecule has 166 valence electrons. The highest BCUT2D eigenvalue weighted by Gasteiger charge is 2.55. The van der Waals surface area contributed by atoms with E-state index in [2.05, 4.69) is 52.8 Å². The predicted octanol–water partition coefficient (Wildman–Crippen LogP) is 2.93. The highest BCUT2D eigenvalue weighted by Crippen LogP contribution is 2.53. The lowest BCUT2D eigenvalue weighted by Gasteiger charge is -2.58. The van der Waals surface area contributed by atoms with E-state index in [4.69, 9.17) is 4.74 Å². The first-order chi connectivity index (χ1) is 13.5. The number of aliphatic imine (C=N–C) groups is 1. The average Bonchev–Trinajstić information content (AvgIpc) is 3.12. The van der Waals surface area contributed by atoms with Crippen molar-refractivity contribution in [3.63, 3.8) is 0 Å². The van der Waals surface area contributed by atoms with E-state index in [-0.39, 0.29) is 35.4 Å². The van der Waals surface area contributed by atoms with Crippen LogP contribution in [0, 0.1) is 5.41 Å². The molecular formula is C21H39IN6O. The molecule has 0 aromatic carbocycles. The fraction of sp³-hybridized carbons (Fsp3) is 0.810. The zero-order valence-electron chi connectivity index (χ0n) is 18.6. The van der Waals surface area contributed by atoms with E-state index < -0.39 is 0 Å². The zero-order chi connectivity index (χ0) is 20.1. The number of rotatable bonds is 7. The van der Waals surface area contributed by atoms with E-state index in [9.17, 15) is 0 Å². The molecule has 2 saturated carbocycles. The maximum absolute atomic E-state index is 6.09. The third kappa shape index (κ3) is 5.44. The van der Waals surface area contributed by atoms with Gasteiger partial charge in [0.15, 0.2) is 5.96 Å². The van der Waals surface area contributed by atoms with E-state index in [1.165, 1.54) is 37.7 Å². The summed E-state index contributed by atoms with van der Waals surface area (Å²) >= 11 is 0. The molecule has 3 rings (SSSR count). The van der Waals surface area contributed by atoms with Gasteiger partial charge >= 0.3 is 0 Å². The van der Waals surface area contributed by atoms with Crippen molar-refractivity contribution >= 4 is 29.9 Å². The lowest BCUT2D eigenvalue weighted by molar-refractivity contribution is -0.145. The van der Waals surface area contributed by atoms with Crippen molar-refractivity contribution in [1.82, 2.24) is 25.3 Å². The summed E-state index contributed by atoms with van der Waals surface area (Å²) in [5.74, 6) is 0.889. The zero-order valence-corrected chi connectivity index (χ0v) is 21.0. The lowest BCUT2D eigenvalue weighted by Crippen LogP contribution is -2.66. The van der Waals surface area contributed by atoms with Crippen LogP contribution in [-0.2, 0) is 11.8 Å². The van der Waals surface area contributed by atoms with Gasteiger partial charge in [-0.1, -0.05) is 19.3 Å². The van der Waals surface area contributed by atoms with Gasteiger partial charge in [-0.3, -0.25) is 9.67 Å². The molecule has 2 N–H and O–H groups in total. The van der Waals surface area contributed by atoms with Crippen LogP contribution in [0.2, 0.25) is 0 Å². The molecule has 0 amide bonds. The van der Waals surface area contributed by atoms with Gasteiger partial charge in [0.25, 0.3) is 0 Å². The van der Waals surface area contributed by atoms with E-state index in [1.54, 1.807) is 0 Å². The third-order valence-electron chi connectivity index (χ3n) is 6.67. The minimum atomic E-state index is 0. The Morgan fingerprint density at radius 3 is 2.66 bits per heavy atom. The van der Waals surface area contributed by atoms with E-state index in [0.717, 1.165) is 25.5 Å². The Bertz CT molecular complexity index is 655. The van der Waals surface area contributed by atoms with Crippen molar-refractivity contribution in [2.24, 2.45) is 17.5 Å². The number of aryl methyl sites for hydroxylation is 1. The van der Waals surface area contributed by atoms with Gasteiger partial charge in [-0.15, -0.1) is 24.0 Å². The molecule has 2 fully saturated rings. The summed E-state index contributed by atoms with van der Waals surface area (Å²) in [5.41, 5.74) is 1.50. The summed E-state index contributed by atoms with van der Waals surface area (Å²) in [7, 11) is 8.02. The number of hydrogen-bond acceptors (Lipinski definition) is 4. The van der Waals surface area contributed by atoms with Crippen LogP contribution >= 0.6 is 24.0 Å². The molecule has 1 heterocycles. The molecule has 2 aliphatic carbocycles. The normalized spacial score (nSPS) is 24.7. The maximum Gasteiger partial charge on any atom is 0.191 e.